The first-order chi connectivity index (χ1) is 11.7. The van der Waals surface area contributed by atoms with Crippen molar-refractivity contribution in [2.75, 3.05) is 19.5 Å². The minimum atomic E-state index is -2.73. The van der Waals surface area contributed by atoms with Gasteiger partial charge in [-0.1, -0.05) is 48.5 Å². The second-order valence-electron chi connectivity index (χ2n) is 5.52. The highest BCUT2D eigenvalue weighted by atomic mass is 28.4. The van der Waals surface area contributed by atoms with Crippen molar-refractivity contribution in [3.63, 3.8) is 0 Å². The Bertz CT molecular complexity index is 579. The molecule has 0 aliphatic carbocycles. The van der Waals surface area contributed by atoms with Crippen molar-refractivity contribution in [2.24, 2.45) is 5.73 Å². The van der Waals surface area contributed by atoms with Crippen LogP contribution in [0.25, 0.3) is 0 Å². The predicted octanol–water partition coefficient (Wildman–Crippen LogP) is 3.22. The Balaban J connectivity index is 1.87. The summed E-state index contributed by atoms with van der Waals surface area (Å²) in [4.78, 5) is 0. The molecule has 0 amide bonds. The van der Waals surface area contributed by atoms with E-state index in [0.717, 1.165) is 11.3 Å². The van der Waals surface area contributed by atoms with Crippen LogP contribution in [0.15, 0.2) is 60.7 Å². The summed E-state index contributed by atoms with van der Waals surface area (Å²) in [7, 11) is 0.545. The number of nitrogens with one attached hydrogen (secondary N) is 1. The number of nitrogens with two attached hydrogens (primary N) is 1. The fourth-order valence-electron chi connectivity index (χ4n) is 2.40. The van der Waals surface area contributed by atoms with Gasteiger partial charge < -0.3 is 24.3 Å². The van der Waals surface area contributed by atoms with Crippen LogP contribution in [0, 0.1) is 0 Å². The summed E-state index contributed by atoms with van der Waals surface area (Å²) in [5.74, 6) is 0. The maximum atomic E-state index is 6.17. The first-order valence-corrected chi connectivity index (χ1v) is 9.96. The second kappa shape index (κ2) is 9.56. The minimum absolute atomic E-state index is 0.190. The maximum absolute atomic E-state index is 6.17. The monoisotopic (exact) mass is 346 g/mol. The van der Waals surface area contributed by atoms with Gasteiger partial charge in [0.05, 0.1) is 12.8 Å². The predicted molar refractivity (Wildman–Crippen MR) is 98.5 cm³/mol. The number of hydrogen-bond donors (Lipinski definition) is 2. The van der Waals surface area contributed by atoms with Gasteiger partial charge in [0.1, 0.15) is 0 Å². The highest BCUT2D eigenvalue weighted by Gasteiger charge is 2.39. The average Bonchev–Trinajstić information content (AvgIpc) is 2.64. The van der Waals surface area contributed by atoms with Gasteiger partial charge in [-0.15, -0.1) is 0 Å². The lowest BCUT2D eigenvalue weighted by Crippen LogP contribution is -2.45. The number of benzene rings is 2. The molecule has 0 fully saturated rings. The van der Waals surface area contributed by atoms with E-state index in [-0.39, 0.29) is 6.17 Å². The zero-order valence-electron chi connectivity index (χ0n) is 14.3. The highest BCUT2D eigenvalue weighted by Crippen LogP contribution is 2.20. The highest BCUT2D eigenvalue weighted by molar-refractivity contribution is 6.60. The number of hydrogen-bond acceptors (Lipinski definition) is 5. The molecule has 0 heterocycles. The van der Waals surface area contributed by atoms with Crippen LogP contribution < -0.4 is 11.1 Å². The van der Waals surface area contributed by atoms with Crippen molar-refractivity contribution in [3.8, 4) is 0 Å². The van der Waals surface area contributed by atoms with E-state index in [9.17, 15) is 0 Å². The molecule has 1 unspecified atom stereocenters. The molecule has 0 radical (unpaired) electrons. The van der Waals surface area contributed by atoms with Gasteiger partial charge in [0, 0.05) is 26.0 Å². The van der Waals surface area contributed by atoms with E-state index in [1.807, 2.05) is 60.7 Å². The summed E-state index contributed by atoms with van der Waals surface area (Å²) < 4.78 is 17.3. The van der Waals surface area contributed by atoms with E-state index in [0.29, 0.717) is 19.1 Å². The first-order valence-electron chi connectivity index (χ1n) is 8.03. The van der Waals surface area contributed by atoms with Gasteiger partial charge in [0.2, 0.25) is 0 Å². The van der Waals surface area contributed by atoms with Crippen LogP contribution in [0.2, 0.25) is 6.04 Å². The third-order valence-electron chi connectivity index (χ3n) is 3.81. The van der Waals surface area contributed by atoms with Crippen molar-refractivity contribution in [2.45, 2.75) is 25.2 Å². The molecule has 0 spiro atoms. The molecule has 5 nitrogen and oxygen atoms in total. The molecule has 130 valence electrons. The Morgan fingerprint density at radius 1 is 0.958 bits per heavy atom. The third kappa shape index (κ3) is 5.74. The number of para-hydroxylation sites is 1. The average molecular weight is 347 g/mol. The smallest absolute Gasteiger partial charge is 0.377 e. The molecule has 0 saturated heterocycles. The fraction of sp³-hybridized carbons (Fsp3) is 0.333. The zero-order valence-corrected chi connectivity index (χ0v) is 15.3. The molecule has 0 aromatic heterocycles. The standard InChI is InChI=1S/C18H26N2O3Si/c1-21-24(22-2,23-15-16-9-5-3-6-10-16)14-13-18(19)20-17-11-7-4-8-12-17/h3-12,18,20H,13-15,19H2,1-2H3. The van der Waals surface area contributed by atoms with Crippen molar-refractivity contribution >= 4 is 14.5 Å². The Morgan fingerprint density at radius 2 is 1.54 bits per heavy atom. The Morgan fingerprint density at radius 3 is 2.12 bits per heavy atom. The van der Waals surface area contributed by atoms with Crippen LogP contribution in [-0.2, 0) is 19.9 Å². The van der Waals surface area contributed by atoms with Crippen LogP contribution in [-0.4, -0.2) is 29.2 Å². The molecule has 6 heteroatoms. The lowest BCUT2D eigenvalue weighted by molar-refractivity contribution is 0.0904. The normalized spacial score (nSPS) is 12.8. The molecular formula is C18H26N2O3Si. The van der Waals surface area contributed by atoms with Gasteiger partial charge in [-0.2, -0.15) is 0 Å². The summed E-state index contributed by atoms with van der Waals surface area (Å²) in [6, 6.07) is 20.5. The molecule has 1 atom stereocenters. The number of rotatable bonds is 10. The topological polar surface area (TPSA) is 65.7 Å². The quantitative estimate of drug-likeness (QED) is 0.511. The Kier molecular flexibility index (Phi) is 7.42. The summed E-state index contributed by atoms with van der Waals surface area (Å²) in [6.45, 7) is 0.468. The van der Waals surface area contributed by atoms with Crippen molar-refractivity contribution < 1.29 is 13.3 Å². The summed E-state index contributed by atoms with van der Waals surface area (Å²) in [6.07, 6.45) is 0.502. The van der Waals surface area contributed by atoms with E-state index >= 15 is 0 Å². The van der Waals surface area contributed by atoms with Crippen LogP contribution in [0.1, 0.15) is 12.0 Å². The zero-order chi connectivity index (χ0) is 17.3. The molecule has 0 saturated carbocycles. The third-order valence-corrected chi connectivity index (χ3v) is 6.54. The molecule has 2 aromatic rings. The SMILES string of the molecule is CO[Si](CCC(N)Nc1ccccc1)(OC)OCc1ccccc1. The minimum Gasteiger partial charge on any atom is -0.377 e. The van der Waals surface area contributed by atoms with Gasteiger partial charge in [-0.05, 0) is 24.1 Å². The van der Waals surface area contributed by atoms with Gasteiger partial charge >= 0.3 is 8.80 Å². The fourth-order valence-corrected chi connectivity index (χ4v) is 4.40. The summed E-state index contributed by atoms with van der Waals surface area (Å²) in [5, 5.41) is 3.27. The second-order valence-corrected chi connectivity index (χ2v) is 8.49. The molecule has 2 rings (SSSR count). The first kappa shape index (κ1) is 18.6. The van der Waals surface area contributed by atoms with Gasteiger partial charge in [-0.3, -0.25) is 0 Å². The lowest BCUT2D eigenvalue weighted by atomic mass is 10.2. The molecular weight excluding hydrogens is 320 g/mol. The number of anilines is 1. The van der Waals surface area contributed by atoms with Crippen molar-refractivity contribution in [1.82, 2.24) is 0 Å². The Hall–Kier alpha value is -1.70. The van der Waals surface area contributed by atoms with Crippen LogP contribution in [0.3, 0.4) is 0 Å². The molecule has 2 aromatic carbocycles. The van der Waals surface area contributed by atoms with E-state index in [1.165, 1.54) is 0 Å². The Labute approximate surface area is 145 Å². The molecule has 24 heavy (non-hydrogen) atoms. The lowest BCUT2D eigenvalue weighted by Gasteiger charge is -2.28. The van der Waals surface area contributed by atoms with Gasteiger partial charge in [0.15, 0.2) is 0 Å². The molecule has 3 N–H and O–H groups in total. The van der Waals surface area contributed by atoms with Gasteiger partial charge in [-0.25, -0.2) is 0 Å². The summed E-state index contributed by atoms with van der Waals surface area (Å²) >= 11 is 0. The molecule has 0 aliphatic heterocycles. The van der Waals surface area contributed by atoms with E-state index in [2.05, 4.69) is 5.32 Å². The van der Waals surface area contributed by atoms with Crippen molar-refractivity contribution in [1.29, 1.82) is 0 Å². The van der Waals surface area contributed by atoms with E-state index in [1.54, 1.807) is 14.2 Å². The summed E-state index contributed by atoms with van der Waals surface area (Å²) in [5.41, 5.74) is 8.26. The molecule has 0 aliphatic rings. The van der Waals surface area contributed by atoms with E-state index < -0.39 is 8.80 Å². The van der Waals surface area contributed by atoms with Gasteiger partial charge in [0.25, 0.3) is 0 Å². The van der Waals surface area contributed by atoms with Crippen LogP contribution >= 0.6 is 0 Å². The van der Waals surface area contributed by atoms with Crippen LogP contribution in [0.4, 0.5) is 5.69 Å². The molecule has 0 bridgehead atoms. The van der Waals surface area contributed by atoms with E-state index in [4.69, 9.17) is 19.0 Å². The van der Waals surface area contributed by atoms with Crippen LogP contribution in [0.5, 0.6) is 0 Å². The van der Waals surface area contributed by atoms with Crippen molar-refractivity contribution in [3.05, 3.63) is 66.2 Å². The largest absolute Gasteiger partial charge is 0.500 e. The maximum Gasteiger partial charge on any atom is 0.500 e.